The van der Waals surface area contributed by atoms with Gasteiger partial charge in [0.1, 0.15) is 0 Å². The van der Waals surface area contributed by atoms with Crippen LogP contribution in [0.25, 0.3) is 0 Å². The van der Waals surface area contributed by atoms with E-state index in [-0.39, 0.29) is 10.3 Å². The van der Waals surface area contributed by atoms with Gasteiger partial charge in [0.2, 0.25) is 0 Å². The van der Waals surface area contributed by atoms with Crippen molar-refractivity contribution >= 4 is 23.2 Å². The molecule has 1 aliphatic rings. The Hall–Kier alpha value is 0.320. The summed E-state index contributed by atoms with van der Waals surface area (Å²) in [7, 11) is 0. The largest absolute Gasteiger partial charge is 0.121 e. The van der Waals surface area contributed by atoms with Crippen LogP contribution < -0.4 is 0 Å². The highest BCUT2D eigenvalue weighted by Gasteiger charge is 2.37. The second-order valence-electron chi connectivity index (χ2n) is 4.06. The summed E-state index contributed by atoms with van der Waals surface area (Å²) in [5.74, 6) is 0.583. The van der Waals surface area contributed by atoms with Crippen molar-refractivity contribution < 1.29 is 0 Å². The van der Waals surface area contributed by atoms with E-state index in [1.165, 1.54) is 5.57 Å². The van der Waals surface area contributed by atoms with Crippen LogP contribution in [0.3, 0.4) is 0 Å². The fraction of sp³-hybridized carbons (Fsp3) is 0.800. The number of alkyl halides is 2. The highest BCUT2D eigenvalue weighted by molar-refractivity contribution is 6.32. The Morgan fingerprint density at radius 1 is 1.58 bits per heavy atom. The molecule has 0 N–H and O–H groups in total. The van der Waals surface area contributed by atoms with Crippen molar-refractivity contribution in [1.29, 1.82) is 0 Å². The van der Waals surface area contributed by atoms with Crippen LogP contribution in [0.15, 0.2) is 12.2 Å². The molecule has 0 saturated heterocycles. The molecule has 0 heterocycles. The first-order valence-electron chi connectivity index (χ1n) is 4.42. The maximum absolute atomic E-state index is 6.23. The van der Waals surface area contributed by atoms with Crippen molar-refractivity contribution in [1.82, 2.24) is 0 Å². The molecule has 12 heavy (non-hydrogen) atoms. The molecule has 0 radical (unpaired) electrons. The van der Waals surface area contributed by atoms with E-state index in [1.807, 2.05) is 6.92 Å². The second kappa shape index (κ2) is 3.59. The molecule has 1 rings (SSSR count). The first-order valence-corrected chi connectivity index (χ1v) is 5.23. The lowest BCUT2D eigenvalue weighted by Gasteiger charge is -2.37. The van der Waals surface area contributed by atoms with Crippen LogP contribution >= 0.6 is 23.2 Å². The van der Waals surface area contributed by atoms with Gasteiger partial charge in [-0.15, -0.1) is 23.2 Å². The molecule has 3 unspecified atom stereocenters. The fourth-order valence-corrected chi connectivity index (χ4v) is 2.20. The standard InChI is InChI=1S/C10H16Cl2/c1-7(2)8-4-5-10(3,12)9(11)6-8/h8-9H,1,4-6H2,2-3H3. The molecule has 1 fully saturated rings. The third-order valence-electron chi connectivity index (χ3n) is 2.82. The Morgan fingerprint density at radius 3 is 2.58 bits per heavy atom. The Labute approximate surface area is 84.9 Å². The van der Waals surface area contributed by atoms with Gasteiger partial charge in [0.15, 0.2) is 0 Å². The molecule has 0 aromatic carbocycles. The van der Waals surface area contributed by atoms with Crippen LogP contribution in [0.1, 0.15) is 33.1 Å². The van der Waals surface area contributed by atoms with E-state index in [9.17, 15) is 0 Å². The van der Waals surface area contributed by atoms with Crippen molar-refractivity contribution in [2.75, 3.05) is 0 Å². The van der Waals surface area contributed by atoms with Crippen molar-refractivity contribution in [3.8, 4) is 0 Å². The van der Waals surface area contributed by atoms with E-state index >= 15 is 0 Å². The van der Waals surface area contributed by atoms with Gasteiger partial charge < -0.3 is 0 Å². The smallest absolute Gasteiger partial charge is 0.0582 e. The molecule has 0 aromatic rings. The average molecular weight is 207 g/mol. The summed E-state index contributed by atoms with van der Waals surface area (Å²) in [5, 5.41) is 0.0922. The molecule has 0 spiro atoms. The monoisotopic (exact) mass is 206 g/mol. The molecular weight excluding hydrogens is 191 g/mol. The van der Waals surface area contributed by atoms with Gasteiger partial charge in [-0.25, -0.2) is 0 Å². The third-order valence-corrected chi connectivity index (χ3v) is 4.05. The summed E-state index contributed by atoms with van der Waals surface area (Å²) in [4.78, 5) is -0.201. The summed E-state index contributed by atoms with van der Waals surface area (Å²) in [6.45, 7) is 8.06. The number of hydrogen-bond donors (Lipinski definition) is 0. The topological polar surface area (TPSA) is 0 Å². The van der Waals surface area contributed by atoms with Gasteiger partial charge in [0.05, 0.1) is 10.3 Å². The summed E-state index contributed by atoms with van der Waals surface area (Å²) in [5.41, 5.74) is 1.24. The van der Waals surface area contributed by atoms with Gasteiger partial charge in [-0.05, 0) is 39.0 Å². The zero-order valence-electron chi connectivity index (χ0n) is 7.74. The Morgan fingerprint density at radius 2 is 2.17 bits per heavy atom. The van der Waals surface area contributed by atoms with Gasteiger partial charge in [-0.1, -0.05) is 12.2 Å². The van der Waals surface area contributed by atoms with Gasteiger partial charge in [-0.2, -0.15) is 0 Å². The van der Waals surface area contributed by atoms with Crippen molar-refractivity contribution in [2.45, 2.75) is 43.4 Å². The van der Waals surface area contributed by atoms with Gasteiger partial charge in [0, 0.05) is 0 Å². The minimum atomic E-state index is -0.201. The summed E-state index contributed by atoms with van der Waals surface area (Å²) >= 11 is 12.4. The predicted molar refractivity (Wildman–Crippen MR) is 56.1 cm³/mol. The quantitative estimate of drug-likeness (QED) is 0.450. The molecule has 1 aliphatic carbocycles. The van der Waals surface area contributed by atoms with E-state index in [0.717, 1.165) is 19.3 Å². The molecule has 0 amide bonds. The SMILES string of the molecule is C=C(C)C1CCC(C)(Cl)C(Cl)C1. The normalized spacial score (nSPS) is 42.7. The first kappa shape index (κ1) is 10.4. The first-order chi connectivity index (χ1) is 5.43. The number of halogens is 2. The van der Waals surface area contributed by atoms with E-state index in [0.29, 0.717) is 5.92 Å². The lowest BCUT2D eigenvalue weighted by atomic mass is 9.79. The van der Waals surface area contributed by atoms with E-state index in [4.69, 9.17) is 23.2 Å². The second-order valence-corrected chi connectivity index (χ2v) is 5.45. The van der Waals surface area contributed by atoms with Crippen LogP contribution in [0, 0.1) is 5.92 Å². The third kappa shape index (κ3) is 2.17. The highest BCUT2D eigenvalue weighted by Crippen LogP contribution is 2.41. The van der Waals surface area contributed by atoms with E-state index in [1.54, 1.807) is 0 Å². The fourth-order valence-electron chi connectivity index (χ4n) is 1.67. The van der Waals surface area contributed by atoms with E-state index in [2.05, 4.69) is 13.5 Å². The van der Waals surface area contributed by atoms with Crippen LogP contribution in [0.4, 0.5) is 0 Å². The van der Waals surface area contributed by atoms with Crippen molar-refractivity contribution in [3.05, 3.63) is 12.2 Å². The minimum Gasteiger partial charge on any atom is -0.121 e. The van der Waals surface area contributed by atoms with Crippen LogP contribution in [-0.4, -0.2) is 10.3 Å². The highest BCUT2D eigenvalue weighted by atomic mass is 35.5. The van der Waals surface area contributed by atoms with Crippen molar-refractivity contribution in [2.24, 2.45) is 5.92 Å². The van der Waals surface area contributed by atoms with Gasteiger partial charge >= 0.3 is 0 Å². The Balaban J connectivity index is 2.58. The minimum absolute atomic E-state index is 0.0922. The zero-order valence-corrected chi connectivity index (χ0v) is 9.25. The molecule has 0 nitrogen and oxygen atoms in total. The van der Waals surface area contributed by atoms with Crippen LogP contribution in [-0.2, 0) is 0 Å². The molecule has 70 valence electrons. The molecule has 0 aliphatic heterocycles. The Bertz CT molecular complexity index is 184. The summed E-state index contributed by atoms with van der Waals surface area (Å²) in [6.07, 6.45) is 3.12. The Kier molecular flexibility index (Phi) is 3.11. The number of allylic oxidation sites excluding steroid dienone is 1. The molecule has 1 saturated carbocycles. The molecule has 0 aromatic heterocycles. The molecule has 0 bridgehead atoms. The molecular formula is C10H16Cl2. The lowest BCUT2D eigenvalue weighted by molar-refractivity contribution is 0.349. The van der Waals surface area contributed by atoms with Crippen LogP contribution in [0.2, 0.25) is 0 Å². The van der Waals surface area contributed by atoms with Crippen LogP contribution in [0.5, 0.6) is 0 Å². The maximum atomic E-state index is 6.23. The lowest BCUT2D eigenvalue weighted by Crippen LogP contribution is -2.36. The average Bonchev–Trinajstić information content (AvgIpc) is 1.94. The van der Waals surface area contributed by atoms with Crippen molar-refractivity contribution in [3.63, 3.8) is 0 Å². The van der Waals surface area contributed by atoms with E-state index < -0.39 is 0 Å². The number of rotatable bonds is 1. The van der Waals surface area contributed by atoms with Gasteiger partial charge in [0.25, 0.3) is 0 Å². The summed E-state index contributed by atoms with van der Waals surface area (Å²) < 4.78 is 0. The zero-order chi connectivity index (χ0) is 9.35. The maximum Gasteiger partial charge on any atom is 0.0582 e. The van der Waals surface area contributed by atoms with Gasteiger partial charge in [-0.3, -0.25) is 0 Å². The predicted octanol–water partition coefficient (Wildman–Crippen LogP) is 3.97. The number of hydrogen-bond acceptors (Lipinski definition) is 0. The molecule has 3 atom stereocenters. The molecule has 2 heteroatoms. The summed E-state index contributed by atoms with van der Waals surface area (Å²) in [6, 6.07) is 0.